The van der Waals surface area contributed by atoms with Crippen LogP contribution in [-0.2, 0) is 22.2 Å². The lowest BCUT2D eigenvalue weighted by Crippen LogP contribution is -2.33. The molecule has 8 aromatic rings. The molecule has 2 heterocycles. The van der Waals surface area contributed by atoms with E-state index < -0.39 is 29.6 Å². The number of hydrogen-bond acceptors (Lipinski definition) is 9. The van der Waals surface area contributed by atoms with Crippen LogP contribution in [0.25, 0.3) is 22.3 Å². The maximum absolute atomic E-state index is 14.5. The second-order valence-electron chi connectivity index (χ2n) is 18.7. The lowest BCUT2D eigenvalue weighted by Gasteiger charge is -2.27. The van der Waals surface area contributed by atoms with Crippen LogP contribution in [0.2, 0.25) is 0 Å². The zero-order valence-electron chi connectivity index (χ0n) is 40.7. The summed E-state index contributed by atoms with van der Waals surface area (Å²) in [4.78, 5) is 52.4. The average molecular weight is 1010 g/mol. The largest absolute Gasteiger partial charge is 0.448 e. The number of nitrogens with one attached hydrogen (secondary N) is 3. The van der Waals surface area contributed by atoms with Crippen LogP contribution in [0.3, 0.4) is 0 Å². The van der Waals surface area contributed by atoms with Crippen LogP contribution >= 0.6 is 0 Å². The van der Waals surface area contributed by atoms with Crippen molar-refractivity contribution in [2.24, 2.45) is 0 Å². The molecule has 0 radical (unpaired) electrons. The Bertz CT molecular complexity index is 3350. The molecule has 0 spiro atoms. The highest BCUT2D eigenvalue weighted by molar-refractivity contribution is 6.00. The third-order valence-electron chi connectivity index (χ3n) is 14.3. The van der Waals surface area contributed by atoms with Crippen molar-refractivity contribution in [1.82, 2.24) is 20.2 Å². The summed E-state index contributed by atoms with van der Waals surface area (Å²) in [7, 11) is 1.43. The van der Waals surface area contributed by atoms with Gasteiger partial charge in [0, 0.05) is 43.0 Å². The second kappa shape index (κ2) is 20.5. The highest BCUT2D eigenvalue weighted by Gasteiger charge is 2.37. The normalized spacial score (nSPS) is 14.6. The molecule has 15 heteroatoms. The summed E-state index contributed by atoms with van der Waals surface area (Å²) in [6.45, 7) is 0.972. The van der Waals surface area contributed by atoms with E-state index in [1.54, 1.807) is 46.2 Å². The Morgan fingerprint density at radius 3 is 1.79 bits per heavy atom. The smallest absolute Gasteiger partial charge is 0.421 e. The molecule has 1 fully saturated rings. The lowest BCUT2D eigenvalue weighted by atomic mass is 9.98. The van der Waals surface area contributed by atoms with E-state index in [9.17, 15) is 27.6 Å². The molecule has 11 rings (SSSR count). The Morgan fingerprint density at radius 2 is 1.21 bits per heavy atom. The molecule has 12 nitrogen and oxygen atoms in total. The van der Waals surface area contributed by atoms with Gasteiger partial charge in [0.2, 0.25) is 5.95 Å². The summed E-state index contributed by atoms with van der Waals surface area (Å²) in [6, 6.07) is 53.3. The van der Waals surface area contributed by atoms with E-state index in [-0.39, 0.29) is 60.9 Å². The summed E-state index contributed by atoms with van der Waals surface area (Å²) in [5.41, 5.74) is 10.8. The van der Waals surface area contributed by atoms with Crippen molar-refractivity contribution in [1.29, 1.82) is 0 Å². The van der Waals surface area contributed by atoms with Crippen molar-refractivity contribution in [3.8, 4) is 22.3 Å². The Labute approximate surface area is 431 Å². The van der Waals surface area contributed by atoms with E-state index in [2.05, 4.69) is 74.4 Å². The van der Waals surface area contributed by atoms with E-state index in [4.69, 9.17) is 9.47 Å². The van der Waals surface area contributed by atoms with E-state index in [1.807, 2.05) is 72.8 Å². The summed E-state index contributed by atoms with van der Waals surface area (Å²) in [5.74, 6) is -1.40. The van der Waals surface area contributed by atoms with E-state index >= 15 is 0 Å². The first-order valence-electron chi connectivity index (χ1n) is 24.7. The third-order valence-corrected chi connectivity index (χ3v) is 14.3. The van der Waals surface area contributed by atoms with Gasteiger partial charge >= 0.3 is 18.4 Å². The minimum absolute atomic E-state index is 0.0609. The van der Waals surface area contributed by atoms with Gasteiger partial charge in [-0.1, -0.05) is 133 Å². The number of aromatic nitrogens is 2. The first kappa shape index (κ1) is 48.3. The maximum Gasteiger partial charge on any atom is 0.421 e. The first-order valence-corrected chi connectivity index (χ1v) is 24.7. The van der Waals surface area contributed by atoms with Crippen molar-refractivity contribution in [2.75, 3.05) is 42.3 Å². The summed E-state index contributed by atoms with van der Waals surface area (Å²) >= 11 is 0. The molecule has 1 aromatic heterocycles. The number of alkyl halides is 3. The van der Waals surface area contributed by atoms with Crippen LogP contribution in [0, 0.1) is 0 Å². The molecule has 0 saturated carbocycles. The van der Waals surface area contributed by atoms with Crippen LogP contribution in [-0.4, -0.2) is 59.8 Å². The molecule has 2 aliphatic carbocycles. The number of amides is 3. The fraction of sp³-hybridized carbons (Fsp3) is 0.183. The van der Waals surface area contributed by atoms with Gasteiger partial charge in [-0.2, -0.15) is 18.2 Å². The number of hydrogen-bond donors (Lipinski definition) is 3. The van der Waals surface area contributed by atoms with Crippen LogP contribution < -0.4 is 20.9 Å². The number of rotatable bonds is 13. The lowest BCUT2D eigenvalue weighted by molar-refractivity contribution is -0.137. The van der Waals surface area contributed by atoms with Gasteiger partial charge in [0.15, 0.2) is 0 Å². The van der Waals surface area contributed by atoms with Gasteiger partial charge in [0.25, 0.3) is 5.91 Å². The molecule has 0 bridgehead atoms. The fourth-order valence-electron chi connectivity index (χ4n) is 10.6. The Hall–Kier alpha value is -8.98. The molecule has 75 heavy (non-hydrogen) atoms. The summed E-state index contributed by atoms with van der Waals surface area (Å²) < 4.78 is 54.9. The van der Waals surface area contributed by atoms with Crippen LogP contribution in [0.5, 0.6) is 0 Å². The molecule has 1 aliphatic heterocycles. The molecule has 376 valence electrons. The molecule has 3 amide bonds. The molecular weight excluding hydrogens is 956 g/mol. The number of carbonyl (C=O) groups excluding carboxylic acids is 3. The van der Waals surface area contributed by atoms with Gasteiger partial charge in [0.05, 0.1) is 23.8 Å². The molecule has 1 atom stereocenters. The zero-order valence-corrected chi connectivity index (χ0v) is 40.7. The molecule has 1 saturated heterocycles. The molecule has 7 aromatic carbocycles. The number of ether oxygens (including phenoxy) is 2. The van der Waals surface area contributed by atoms with E-state index in [0.29, 0.717) is 24.1 Å². The zero-order chi connectivity index (χ0) is 51.6. The molecular formula is C60H50F3N7O5. The topological polar surface area (TPSA) is 138 Å². The third kappa shape index (κ3) is 9.72. The van der Waals surface area contributed by atoms with Gasteiger partial charge in [-0.15, -0.1) is 0 Å². The van der Waals surface area contributed by atoms with Crippen molar-refractivity contribution in [3.63, 3.8) is 0 Å². The molecule has 1 unspecified atom stereocenters. The van der Waals surface area contributed by atoms with Crippen LogP contribution in [0.4, 0.5) is 51.6 Å². The number of nitrogens with zero attached hydrogens (tertiary/aromatic N) is 4. The van der Waals surface area contributed by atoms with Crippen molar-refractivity contribution in [2.45, 2.75) is 43.4 Å². The monoisotopic (exact) mass is 1010 g/mol. The fourth-order valence-corrected chi connectivity index (χ4v) is 10.6. The van der Waals surface area contributed by atoms with Crippen LogP contribution in [0.1, 0.15) is 80.0 Å². The maximum atomic E-state index is 14.5. The first-order chi connectivity index (χ1) is 36.5. The summed E-state index contributed by atoms with van der Waals surface area (Å²) in [5, 5.41) is 8.16. The van der Waals surface area contributed by atoms with E-state index in [0.717, 1.165) is 68.5 Å². The Kier molecular flexibility index (Phi) is 13.2. The van der Waals surface area contributed by atoms with Crippen molar-refractivity contribution < 1.29 is 37.0 Å². The predicted molar refractivity (Wildman–Crippen MR) is 281 cm³/mol. The number of fused-ring (bicyclic) bond motifs is 6. The predicted octanol–water partition coefficient (Wildman–Crippen LogP) is 13.4. The summed E-state index contributed by atoms with van der Waals surface area (Å²) in [6.07, 6.45) is -3.49. The van der Waals surface area contributed by atoms with E-state index in [1.165, 1.54) is 19.2 Å². The number of anilines is 5. The quantitative estimate of drug-likeness (QED) is 0.103. The Balaban J connectivity index is 0.821. The Morgan fingerprint density at radius 1 is 0.667 bits per heavy atom. The number of benzene rings is 7. The number of carbonyl (C=O) groups is 3. The van der Waals surface area contributed by atoms with Crippen molar-refractivity contribution in [3.05, 3.63) is 221 Å². The standard InChI is InChI=1S/C60H50F3N7O5/c1-64-56(71)49-21-10-11-22-53(49)67-55-52(60(61,62)63)33-65-57(68-55)66-39-28-24-37(25-29-39)34-70(59(73)75-36-51-47-19-8-4-15-43(47)44-16-5-9-20-48(44)51)40-30-26-38(27-31-40)54-23-12-32-69(54)58(72)74-35-50-45-17-6-2-13-41(45)42-14-3-7-18-46(42)50/h2-11,13-22,24-31,33,50-51,54H,12,23,32,34-36H2,1H3,(H,64,71)(H2,65,66,67,68). The minimum atomic E-state index is -4.80. The number of para-hydroxylation sites is 1. The molecule has 3 aliphatic rings. The highest BCUT2D eigenvalue weighted by atomic mass is 19.4. The van der Waals surface area contributed by atoms with Gasteiger partial charge in [0.1, 0.15) is 24.6 Å². The van der Waals surface area contributed by atoms with Crippen LogP contribution in [0.15, 0.2) is 176 Å². The second-order valence-corrected chi connectivity index (χ2v) is 18.7. The minimum Gasteiger partial charge on any atom is -0.448 e. The highest BCUT2D eigenvalue weighted by Crippen LogP contribution is 2.46. The van der Waals surface area contributed by atoms with Crippen molar-refractivity contribution >= 4 is 46.9 Å². The average Bonchev–Trinajstić information content (AvgIpc) is 4.15. The van der Waals surface area contributed by atoms with Gasteiger partial charge < -0.3 is 30.3 Å². The number of likely N-dealkylation sites (tertiary alicyclic amines) is 1. The number of halogens is 3. The van der Waals surface area contributed by atoms with Gasteiger partial charge in [-0.25, -0.2) is 14.6 Å². The SMILES string of the molecule is CNC(=O)c1ccccc1Nc1nc(Nc2ccc(CN(C(=O)OCC3c4ccccc4-c4ccccc43)c3ccc(C4CCCN4C(=O)OCC4c5ccccc5-c5ccccc54)cc3)cc2)ncc1C(F)(F)F. The van der Waals surface area contributed by atoms with Gasteiger partial charge in [-0.3, -0.25) is 9.69 Å². The molecule has 3 N–H and O–H groups in total. The van der Waals surface area contributed by atoms with Gasteiger partial charge in [-0.05, 0) is 105 Å².